The van der Waals surface area contributed by atoms with Gasteiger partial charge in [-0.05, 0) is 139 Å². The number of thiophene rings is 1. The maximum absolute atomic E-state index is 2.45. The molecule has 0 saturated heterocycles. The fourth-order valence-corrected chi connectivity index (χ4v) is 11.3. The molecule has 10 aromatic carbocycles. The second-order valence-corrected chi connectivity index (χ2v) is 18.4. The van der Waals surface area contributed by atoms with Crippen LogP contribution in [0.5, 0.6) is 0 Å². The fraction of sp³-hybridized carbons (Fsp3) is 0.0492. The van der Waals surface area contributed by atoms with Gasteiger partial charge >= 0.3 is 0 Å². The number of hydrogen-bond acceptors (Lipinski definition) is 2. The maximum atomic E-state index is 2.45. The lowest BCUT2D eigenvalue weighted by atomic mass is 9.82. The van der Waals surface area contributed by atoms with Crippen LogP contribution in [0.25, 0.3) is 86.6 Å². The number of benzene rings is 10. The van der Waals surface area contributed by atoms with E-state index in [0.29, 0.717) is 0 Å². The van der Waals surface area contributed by atoms with Crippen LogP contribution in [-0.2, 0) is 5.41 Å². The average Bonchev–Trinajstić information content (AvgIpc) is 3.83. The monoisotopic (exact) mass is 821 g/mol. The Morgan fingerprint density at radius 1 is 0.317 bits per heavy atom. The Labute approximate surface area is 372 Å². The standard InChI is InChI=1S/C61H43NS/c1-61(2)57-25-15-14-23-51(57)52-32-30-49(38-58(52)61)62(47-20-10-5-11-21-47)48-31-33-59-55(37-48)56-39-54(50-22-12-13-24-53(50)60(56)63-59)43-28-26-42(27-29-43)46-35-44(40-16-6-3-7-17-40)34-45(36-46)41-18-8-4-9-19-41/h3-39H,1-2H3. The zero-order valence-corrected chi connectivity index (χ0v) is 36.0. The van der Waals surface area contributed by atoms with Gasteiger partial charge in [0.2, 0.25) is 0 Å². The predicted octanol–water partition coefficient (Wildman–Crippen LogP) is 17.7. The molecule has 1 aromatic heterocycles. The fourth-order valence-electron chi connectivity index (χ4n) is 10.1. The zero-order chi connectivity index (χ0) is 42.1. The van der Waals surface area contributed by atoms with E-state index in [4.69, 9.17) is 0 Å². The minimum absolute atomic E-state index is 0.0925. The number of nitrogens with zero attached hydrogens (tertiary/aromatic N) is 1. The van der Waals surface area contributed by atoms with E-state index in [1.165, 1.54) is 97.7 Å². The zero-order valence-electron chi connectivity index (χ0n) is 35.2. The van der Waals surface area contributed by atoms with Crippen molar-refractivity contribution < 1.29 is 0 Å². The molecule has 0 radical (unpaired) electrons. The van der Waals surface area contributed by atoms with Crippen molar-refractivity contribution in [2.45, 2.75) is 19.3 Å². The minimum Gasteiger partial charge on any atom is -0.310 e. The first-order valence-electron chi connectivity index (χ1n) is 21.8. The highest BCUT2D eigenvalue weighted by Crippen LogP contribution is 2.51. The van der Waals surface area contributed by atoms with Crippen molar-refractivity contribution in [3.63, 3.8) is 0 Å². The molecule has 0 saturated carbocycles. The first-order chi connectivity index (χ1) is 31.0. The third-order valence-corrected chi connectivity index (χ3v) is 14.5. The van der Waals surface area contributed by atoms with Gasteiger partial charge in [-0.3, -0.25) is 0 Å². The Kier molecular flexibility index (Phi) is 8.77. The molecular formula is C61H43NS. The SMILES string of the molecule is CC1(C)c2ccccc2-c2ccc(N(c3ccccc3)c3ccc4sc5c6ccccc6c(-c6ccc(-c7cc(-c8ccccc8)cc(-c8ccccc8)c7)cc6)cc5c4c3)cc21. The number of rotatable bonds is 7. The van der Waals surface area contributed by atoms with Crippen LogP contribution in [0.4, 0.5) is 17.1 Å². The van der Waals surface area contributed by atoms with Crippen LogP contribution < -0.4 is 4.90 Å². The van der Waals surface area contributed by atoms with Crippen LogP contribution in [0.2, 0.25) is 0 Å². The molecule has 63 heavy (non-hydrogen) atoms. The summed E-state index contributed by atoms with van der Waals surface area (Å²) in [5, 5.41) is 5.13. The van der Waals surface area contributed by atoms with E-state index >= 15 is 0 Å². The molecule has 1 heterocycles. The van der Waals surface area contributed by atoms with Crippen LogP contribution in [0.1, 0.15) is 25.0 Å². The molecule has 2 heteroatoms. The van der Waals surface area contributed by atoms with E-state index in [1.54, 1.807) is 0 Å². The van der Waals surface area contributed by atoms with Crippen LogP contribution in [-0.4, -0.2) is 0 Å². The summed E-state index contributed by atoms with van der Waals surface area (Å²) in [5.74, 6) is 0. The molecule has 11 aromatic rings. The third kappa shape index (κ3) is 6.29. The first-order valence-corrected chi connectivity index (χ1v) is 22.6. The van der Waals surface area contributed by atoms with Gasteiger partial charge in [-0.25, -0.2) is 0 Å². The highest BCUT2D eigenvalue weighted by Gasteiger charge is 2.35. The summed E-state index contributed by atoms with van der Waals surface area (Å²) in [4.78, 5) is 2.43. The van der Waals surface area contributed by atoms with Crippen molar-refractivity contribution >= 4 is 59.3 Å². The van der Waals surface area contributed by atoms with Crippen LogP contribution in [0.15, 0.2) is 224 Å². The lowest BCUT2D eigenvalue weighted by Gasteiger charge is -2.28. The van der Waals surface area contributed by atoms with Gasteiger partial charge in [-0.2, -0.15) is 0 Å². The number of anilines is 3. The van der Waals surface area contributed by atoms with Gasteiger partial charge in [0.05, 0.1) is 0 Å². The van der Waals surface area contributed by atoms with Gasteiger partial charge in [-0.1, -0.05) is 172 Å². The molecule has 0 fully saturated rings. The summed E-state index contributed by atoms with van der Waals surface area (Å²) in [6.45, 7) is 4.72. The first kappa shape index (κ1) is 37.3. The lowest BCUT2D eigenvalue weighted by Crippen LogP contribution is -2.16. The van der Waals surface area contributed by atoms with Gasteiger partial charge < -0.3 is 4.90 Å². The number of hydrogen-bond donors (Lipinski definition) is 0. The quantitative estimate of drug-likeness (QED) is 0.155. The summed E-state index contributed by atoms with van der Waals surface area (Å²) in [5.41, 5.74) is 18.5. The Bertz CT molecular complexity index is 3450. The third-order valence-electron chi connectivity index (χ3n) is 13.2. The molecular weight excluding hydrogens is 779 g/mol. The molecule has 1 nitrogen and oxygen atoms in total. The van der Waals surface area contributed by atoms with Crippen LogP contribution in [0, 0.1) is 0 Å². The molecule has 1 aliphatic carbocycles. The van der Waals surface area contributed by atoms with E-state index in [0.717, 1.165) is 17.1 Å². The van der Waals surface area contributed by atoms with Gasteiger partial charge in [-0.15, -0.1) is 11.3 Å². The van der Waals surface area contributed by atoms with Gasteiger partial charge in [0, 0.05) is 48.0 Å². The largest absolute Gasteiger partial charge is 0.310 e. The minimum atomic E-state index is -0.0925. The van der Waals surface area contributed by atoms with Crippen molar-refractivity contribution in [1.82, 2.24) is 0 Å². The van der Waals surface area contributed by atoms with Crippen molar-refractivity contribution in [1.29, 1.82) is 0 Å². The number of fused-ring (bicyclic) bond motifs is 8. The molecule has 0 amide bonds. The second kappa shape index (κ2) is 14.8. The Hall–Kier alpha value is -7.52. The Morgan fingerprint density at radius 3 is 1.52 bits per heavy atom. The van der Waals surface area contributed by atoms with Crippen molar-refractivity contribution in [3.05, 3.63) is 236 Å². The molecule has 0 N–H and O–H groups in total. The molecule has 0 spiro atoms. The van der Waals surface area contributed by atoms with Crippen LogP contribution in [0.3, 0.4) is 0 Å². The Morgan fingerprint density at radius 2 is 0.841 bits per heavy atom. The van der Waals surface area contributed by atoms with E-state index < -0.39 is 0 Å². The van der Waals surface area contributed by atoms with E-state index in [9.17, 15) is 0 Å². The van der Waals surface area contributed by atoms with Crippen LogP contribution >= 0.6 is 11.3 Å². The highest BCUT2D eigenvalue weighted by molar-refractivity contribution is 7.26. The van der Waals surface area contributed by atoms with E-state index in [1.807, 2.05) is 11.3 Å². The topological polar surface area (TPSA) is 3.24 Å². The summed E-state index contributed by atoms with van der Waals surface area (Å²) >= 11 is 1.90. The van der Waals surface area contributed by atoms with Crippen molar-refractivity contribution in [2.24, 2.45) is 0 Å². The summed E-state index contributed by atoms with van der Waals surface area (Å²) in [6, 6.07) is 82.8. The lowest BCUT2D eigenvalue weighted by molar-refractivity contribution is 0.660. The molecule has 0 aliphatic heterocycles. The Balaban J connectivity index is 0.980. The molecule has 298 valence electrons. The van der Waals surface area contributed by atoms with Crippen molar-refractivity contribution in [2.75, 3.05) is 4.90 Å². The van der Waals surface area contributed by atoms with Crippen molar-refractivity contribution in [3.8, 4) is 55.6 Å². The second-order valence-electron chi connectivity index (χ2n) is 17.3. The maximum Gasteiger partial charge on any atom is 0.0468 e. The summed E-state index contributed by atoms with van der Waals surface area (Å²) in [6.07, 6.45) is 0. The van der Waals surface area contributed by atoms with Gasteiger partial charge in [0.25, 0.3) is 0 Å². The smallest absolute Gasteiger partial charge is 0.0468 e. The average molecular weight is 822 g/mol. The number of para-hydroxylation sites is 1. The van der Waals surface area contributed by atoms with Gasteiger partial charge in [0.15, 0.2) is 0 Å². The van der Waals surface area contributed by atoms with E-state index in [2.05, 4.69) is 243 Å². The highest BCUT2D eigenvalue weighted by atomic mass is 32.1. The summed E-state index contributed by atoms with van der Waals surface area (Å²) < 4.78 is 2.62. The molecule has 1 aliphatic rings. The predicted molar refractivity (Wildman–Crippen MR) is 271 cm³/mol. The van der Waals surface area contributed by atoms with E-state index in [-0.39, 0.29) is 5.41 Å². The normalized spacial score (nSPS) is 12.7. The molecule has 0 bridgehead atoms. The molecule has 0 atom stereocenters. The van der Waals surface area contributed by atoms with Gasteiger partial charge in [0.1, 0.15) is 0 Å². The summed E-state index contributed by atoms with van der Waals surface area (Å²) in [7, 11) is 0. The molecule has 0 unspecified atom stereocenters. The molecule has 12 rings (SSSR count).